The Hall–Kier alpha value is -1.40. The van der Waals surface area contributed by atoms with Crippen molar-refractivity contribution < 1.29 is 0 Å². The van der Waals surface area contributed by atoms with Gasteiger partial charge in [0.05, 0.1) is 11.1 Å². The Kier molecular flexibility index (Phi) is 2.22. The van der Waals surface area contributed by atoms with Crippen LogP contribution >= 0.6 is 15.9 Å². The zero-order valence-electron chi connectivity index (χ0n) is 7.58. The molecule has 1 aromatic heterocycles. The SMILES string of the molecule is Cc1ccc2cc(Br)cc(C#N)c2n1. The van der Waals surface area contributed by atoms with Crippen LogP contribution in [0.4, 0.5) is 0 Å². The molecular weight excluding hydrogens is 240 g/mol. The molecule has 0 aliphatic carbocycles. The van der Waals surface area contributed by atoms with E-state index in [4.69, 9.17) is 5.26 Å². The lowest BCUT2D eigenvalue weighted by atomic mass is 10.1. The maximum atomic E-state index is 8.94. The summed E-state index contributed by atoms with van der Waals surface area (Å²) in [6.45, 7) is 1.92. The average Bonchev–Trinajstić information content (AvgIpc) is 2.17. The molecule has 14 heavy (non-hydrogen) atoms. The number of pyridine rings is 1. The summed E-state index contributed by atoms with van der Waals surface area (Å²) in [4.78, 5) is 4.34. The van der Waals surface area contributed by atoms with E-state index in [1.807, 2.05) is 25.1 Å². The van der Waals surface area contributed by atoms with Gasteiger partial charge in [0.1, 0.15) is 6.07 Å². The summed E-state index contributed by atoms with van der Waals surface area (Å²) in [6, 6.07) is 9.81. The van der Waals surface area contributed by atoms with Crippen molar-refractivity contribution in [3.8, 4) is 6.07 Å². The molecule has 0 unspecified atom stereocenters. The Bertz CT molecular complexity index is 541. The molecule has 0 fully saturated rings. The quantitative estimate of drug-likeness (QED) is 0.716. The number of aryl methyl sites for hydroxylation is 1. The van der Waals surface area contributed by atoms with E-state index in [-0.39, 0.29) is 0 Å². The number of nitrogens with zero attached hydrogens (tertiary/aromatic N) is 2. The molecule has 0 saturated heterocycles. The number of hydrogen-bond donors (Lipinski definition) is 0. The fourth-order valence-corrected chi connectivity index (χ4v) is 1.86. The van der Waals surface area contributed by atoms with Gasteiger partial charge < -0.3 is 0 Å². The molecule has 0 spiro atoms. The minimum absolute atomic E-state index is 0.609. The zero-order chi connectivity index (χ0) is 10.1. The van der Waals surface area contributed by atoms with Gasteiger partial charge in [-0.1, -0.05) is 22.0 Å². The highest BCUT2D eigenvalue weighted by atomic mass is 79.9. The van der Waals surface area contributed by atoms with Crippen molar-refractivity contribution in [2.75, 3.05) is 0 Å². The summed E-state index contributed by atoms with van der Waals surface area (Å²) in [5, 5.41) is 9.93. The first kappa shape index (κ1) is 9.17. The Morgan fingerprint density at radius 1 is 1.36 bits per heavy atom. The third-order valence-electron chi connectivity index (χ3n) is 2.02. The van der Waals surface area contributed by atoms with Crippen molar-refractivity contribution in [2.24, 2.45) is 0 Å². The van der Waals surface area contributed by atoms with E-state index in [1.165, 1.54) is 0 Å². The molecule has 0 radical (unpaired) electrons. The number of halogens is 1. The van der Waals surface area contributed by atoms with Crippen LogP contribution < -0.4 is 0 Å². The number of nitriles is 1. The first-order valence-corrected chi connectivity index (χ1v) is 4.97. The Morgan fingerprint density at radius 3 is 2.86 bits per heavy atom. The van der Waals surface area contributed by atoms with Gasteiger partial charge in [-0.05, 0) is 25.1 Å². The number of fused-ring (bicyclic) bond motifs is 1. The molecule has 0 aliphatic rings. The topological polar surface area (TPSA) is 36.7 Å². The summed E-state index contributed by atoms with van der Waals surface area (Å²) in [5.41, 5.74) is 2.31. The van der Waals surface area contributed by atoms with Crippen LogP contribution in [0, 0.1) is 18.3 Å². The molecule has 0 saturated carbocycles. The molecule has 1 heterocycles. The van der Waals surface area contributed by atoms with Crippen LogP contribution in [0.3, 0.4) is 0 Å². The van der Waals surface area contributed by atoms with Crippen LogP contribution in [0.2, 0.25) is 0 Å². The van der Waals surface area contributed by atoms with Gasteiger partial charge in [-0.3, -0.25) is 4.98 Å². The minimum atomic E-state index is 0.609. The second-order valence-corrected chi connectivity index (χ2v) is 4.01. The van der Waals surface area contributed by atoms with Crippen molar-refractivity contribution in [2.45, 2.75) is 6.92 Å². The van der Waals surface area contributed by atoms with Gasteiger partial charge in [0, 0.05) is 15.6 Å². The number of rotatable bonds is 0. The van der Waals surface area contributed by atoms with Crippen molar-refractivity contribution in [3.05, 3.63) is 40.0 Å². The molecule has 3 heteroatoms. The summed E-state index contributed by atoms with van der Waals surface area (Å²) in [5.74, 6) is 0. The van der Waals surface area contributed by atoms with E-state index in [0.29, 0.717) is 5.56 Å². The van der Waals surface area contributed by atoms with Crippen LogP contribution in [-0.4, -0.2) is 4.98 Å². The van der Waals surface area contributed by atoms with Gasteiger partial charge in [-0.2, -0.15) is 5.26 Å². The molecule has 0 atom stereocenters. The third kappa shape index (κ3) is 1.49. The van der Waals surface area contributed by atoms with Gasteiger partial charge >= 0.3 is 0 Å². The predicted molar refractivity (Wildman–Crippen MR) is 58.9 cm³/mol. The standard InChI is InChI=1S/C11H7BrN2/c1-7-2-3-8-4-10(12)5-9(6-13)11(8)14-7/h2-5H,1H3. The maximum Gasteiger partial charge on any atom is 0.101 e. The lowest BCUT2D eigenvalue weighted by molar-refractivity contribution is 1.25. The third-order valence-corrected chi connectivity index (χ3v) is 2.47. The largest absolute Gasteiger partial charge is 0.252 e. The fourth-order valence-electron chi connectivity index (χ4n) is 1.38. The molecule has 2 aromatic rings. The van der Waals surface area contributed by atoms with Gasteiger partial charge in [-0.25, -0.2) is 0 Å². The Balaban J connectivity index is 2.90. The van der Waals surface area contributed by atoms with E-state index >= 15 is 0 Å². The van der Waals surface area contributed by atoms with Gasteiger partial charge in [0.2, 0.25) is 0 Å². The first-order valence-electron chi connectivity index (χ1n) is 4.18. The molecule has 1 aromatic carbocycles. The second kappa shape index (κ2) is 3.39. The fraction of sp³-hybridized carbons (Fsp3) is 0.0909. The van der Waals surface area contributed by atoms with Crippen LogP contribution in [0.5, 0.6) is 0 Å². The second-order valence-electron chi connectivity index (χ2n) is 3.09. The highest BCUT2D eigenvalue weighted by Crippen LogP contribution is 2.22. The van der Waals surface area contributed by atoms with Crippen molar-refractivity contribution in [1.82, 2.24) is 4.98 Å². The lowest BCUT2D eigenvalue weighted by Gasteiger charge is -2.01. The van der Waals surface area contributed by atoms with Crippen molar-refractivity contribution in [1.29, 1.82) is 5.26 Å². The molecule has 0 aliphatic heterocycles. The normalized spacial score (nSPS) is 10.1. The molecule has 0 amide bonds. The lowest BCUT2D eigenvalue weighted by Crippen LogP contribution is -1.87. The van der Waals surface area contributed by atoms with E-state index in [0.717, 1.165) is 21.1 Å². The van der Waals surface area contributed by atoms with Crippen LogP contribution in [0.25, 0.3) is 10.9 Å². The zero-order valence-corrected chi connectivity index (χ0v) is 9.17. The molecule has 68 valence electrons. The first-order chi connectivity index (χ1) is 6.70. The van der Waals surface area contributed by atoms with Gasteiger partial charge in [0.25, 0.3) is 0 Å². The Labute approximate surface area is 90.3 Å². The molecule has 0 N–H and O–H groups in total. The van der Waals surface area contributed by atoms with Crippen LogP contribution in [0.1, 0.15) is 11.3 Å². The van der Waals surface area contributed by atoms with E-state index in [2.05, 4.69) is 27.0 Å². The van der Waals surface area contributed by atoms with E-state index in [9.17, 15) is 0 Å². The predicted octanol–water partition coefficient (Wildman–Crippen LogP) is 3.18. The summed E-state index contributed by atoms with van der Waals surface area (Å²) < 4.78 is 0.909. The van der Waals surface area contributed by atoms with Gasteiger partial charge in [-0.15, -0.1) is 0 Å². The van der Waals surface area contributed by atoms with Crippen molar-refractivity contribution >= 4 is 26.8 Å². The van der Waals surface area contributed by atoms with Crippen LogP contribution in [0.15, 0.2) is 28.7 Å². The summed E-state index contributed by atoms with van der Waals surface area (Å²) >= 11 is 3.36. The molecular formula is C11H7BrN2. The maximum absolute atomic E-state index is 8.94. The van der Waals surface area contributed by atoms with Crippen LogP contribution in [-0.2, 0) is 0 Å². The number of aromatic nitrogens is 1. The monoisotopic (exact) mass is 246 g/mol. The smallest absolute Gasteiger partial charge is 0.101 e. The molecule has 0 bridgehead atoms. The highest BCUT2D eigenvalue weighted by Gasteiger charge is 2.03. The number of benzene rings is 1. The highest BCUT2D eigenvalue weighted by molar-refractivity contribution is 9.10. The number of hydrogen-bond acceptors (Lipinski definition) is 2. The van der Waals surface area contributed by atoms with E-state index in [1.54, 1.807) is 6.07 Å². The Morgan fingerprint density at radius 2 is 2.14 bits per heavy atom. The molecule has 2 rings (SSSR count). The van der Waals surface area contributed by atoms with Crippen molar-refractivity contribution in [3.63, 3.8) is 0 Å². The summed E-state index contributed by atoms with van der Waals surface area (Å²) in [6.07, 6.45) is 0. The summed E-state index contributed by atoms with van der Waals surface area (Å²) in [7, 11) is 0. The molecule has 2 nitrogen and oxygen atoms in total. The van der Waals surface area contributed by atoms with E-state index < -0.39 is 0 Å². The van der Waals surface area contributed by atoms with Gasteiger partial charge in [0.15, 0.2) is 0 Å². The minimum Gasteiger partial charge on any atom is -0.252 e. The average molecular weight is 247 g/mol.